The Balaban J connectivity index is 1.83. The van der Waals surface area contributed by atoms with Crippen LogP contribution in [0.25, 0.3) is 0 Å². The van der Waals surface area contributed by atoms with Crippen LogP contribution in [0.5, 0.6) is 0 Å². The van der Waals surface area contributed by atoms with E-state index in [0.29, 0.717) is 22.7 Å². The Morgan fingerprint density at radius 1 is 1.00 bits per heavy atom. The number of rotatable bonds is 17. The lowest BCUT2D eigenvalue weighted by Crippen LogP contribution is -2.57. The van der Waals surface area contributed by atoms with Gasteiger partial charge in [0.25, 0.3) is 5.91 Å². The Bertz CT molecular complexity index is 1470. The number of esters is 2. The maximum atomic E-state index is 14.0. The molecule has 3 rings (SSSR count). The number of benzene rings is 1. The zero-order valence-electron chi connectivity index (χ0n) is 31.6. The highest BCUT2D eigenvalue weighted by Crippen LogP contribution is 2.33. The number of thiazole rings is 1. The van der Waals surface area contributed by atoms with E-state index >= 15 is 0 Å². The van der Waals surface area contributed by atoms with Gasteiger partial charge in [-0.05, 0) is 56.6 Å². The number of aryl methyl sites for hydroxylation is 1. The van der Waals surface area contributed by atoms with Crippen molar-refractivity contribution in [3.05, 3.63) is 51.5 Å². The molecule has 2 aromatic rings. The fourth-order valence-electron chi connectivity index (χ4n) is 6.56. The molecule has 1 saturated heterocycles. The fourth-order valence-corrected chi connectivity index (χ4v) is 7.52. The third kappa shape index (κ3) is 12.1. The number of hydrogen-bond acceptors (Lipinski definition) is 10. The molecule has 2 heterocycles. The zero-order chi connectivity index (χ0) is 37.8. The van der Waals surface area contributed by atoms with Crippen molar-refractivity contribution >= 4 is 41.0 Å². The Morgan fingerprint density at radius 2 is 1.69 bits per heavy atom. The summed E-state index contributed by atoms with van der Waals surface area (Å²) in [6.45, 7) is 13.4. The summed E-state index contributed by atoms with van der Waals surface area (Å²) in [5, 5.41) is 9.76. The molecule has 1 aliphatic heterocycles. The highest BCUT2D eigenvalue weighted by atomic mass is 32.1. The van der Waals surface area contributed by atoms with Gasteiger partial charge < -0.3 is 30.3 Å². The molecule has 0 saturated carbocycles. The lowest BCUT2D eigenvalue weighted by molar-refractivity contribution is -0.149. The molecule has 12 nitrogen and oxygen atoms in total. The summed E-state index contributed by atoms with van der Waals surface area (Å²) in [5.41, 5.74) is 1.22. The molecule has 0 radical (unpaired) electrons. The van der Waals surface area contributed by atoms with Gasteiger partial charge in [-0.1, -0.05) is 71.4 Å². The Kier molecular flexibility index (Phi) is 16.0. The van der Waals surface area contributed by atoms with E-state index in [1.807, 2.05) is 58.0 Å². The topological polar surface area (TPSA) is 156 Å². The van der Waals surface area contributed by atoms with E-state index in [9.17, 15) is 24.0 Å². The molecule has 282 valence electrons. The largest absolute Gasteiger partial charge is 0.469 e. The van der Waals surface area contributed by atoms with Crippen LogP contribution in [0.4, 0.5) is 0 Å². The number of aromatic nitrogens is 1. The van der Waals surface area contributed by atoms with Gasteiger partial charge in [-0.25, -0.2) is 4.98 Å². The van der Waals surface area contributed by atoms with Crippen molar-refractivity contribution in [3.8, 4) is 0 Å². The average Bonchev–Trinajstić information content (AvgIpc) is 3.49. The van der Waals surface area contributed by atoms with Crippen molar-refractivity contribution in [1.82, 2.24) is 25.8 Å². The first kappa shape index (κ1) is 41.6. The van der Waals surface area contributed by atoms with E-state index < -0.39 is 29.9 Å². The predicted octanol–water partition coefficient (Wildman–Crippen LogP) is 4.75. The third-order valence-electron chi connectivity index (χ3n) is 9.44. The number of amides is 3. The molecule has 3 N–H and O–H groups in total. The summed E-state index contributed by atoms with van der Waals surface area (Å²) in [5.74, 6) is -2.31. The fraction of sp³-hybridized carbons (Fsp3) is 0.632. The van der Waals surface area contributed by atoms with Gasteiger partial charge in [-0.15, -0.1) is 11.3 Å². The summed E-state index contributed by atoms with van der Waals surface area (Å²) < 4.78 is 10.7. The molecule has 0 spiro atoms. The number of nitrogens with zero attached hydrogens (tertiary/aromatic N) is 2. The number of nitrogens with one attached hydrogen (secondary N) is 3. The second-order valence-corrected chi connectivity index (χ2v) is 15.5. The summed E-state index contributed by atoms with van der Waals surface area (Å²) in [7, 11) is 3.06. The number of carbonyl (C=O) groups is 5. The summed E-state index contributed by atoms with van der Waals surface area (Å²) in [4.78, 5) is 72.5. The van der Waals surface area contributed by atoms with Crippen molar-refractivity contribution < 1.29 is 33.4 Å². The van der Waals surface area contributed by atoms with Crippen molar-refractivity contribution in [3.63, 3.8) is 0 Å². The maximum Gasteiger partial charge on any atom is 0.308 e. The van der Waals surface area contributed by atoms with Gasteiger partial charge in [0.15, 0.2) is 6.10 Å². The van der Waals surface area contributed by atoms with Crippen LogP contribution in [0.1, 0.15) is 106 Å². The van der Waals surface area contributed by atoms with Gasteiger partial charge in [0.05, 0.1) is 19.1 Å². The molecule has 1 aromatic heterocycles. The third-order valence-corrected chi connectivity index (χ3v) is 10.5. The molecular formula is C38H57N5O7S. The quantitative estimate of drug-likeness (QED) is 0.196. The number of likely N-dealkylation sites (N-methyl/N-ethyl adjacent to an activating group) is 1. The molecule has 0 unspecified atom stereocenters. The van der Waals surface area contributed by atoms with E-state index in [0.717, 1.165) is 31.4 Å². The summed E-state index contributed by atoms with van der Waals surface area (Å²) >= 11 is 1.26. The Labute approximate surface area is 306 Å². The van der Waals surface area contributed by atoms with E-state index in [-0.39, 0.29) is 59.9 Å². The number of ether oxygens (including phenoxy) is 2. The zero-order valence-corrected chi connectivity index (χ0v) is 32.4. The standard InChI is InChI=1S/C38H57N5O7S/c1-22(2)30(43(8)37(47)32(23(3)4)41-34(45)29-17-13-14-18-39-29)21-31(50-26(7)44)36-42-33(25(6)51-36)35(46)40-28(19-24(5)38(48)49-9)20-27-15-11-10-12-16-27/h10-12,15-16,22-24,28-32,39H,13-14,17-21H2,1-9H3,(H,40,46)(H,41,45)/t24-,28+,29+,30+,31+,32-/m0/s1. The van der Waals surface area contributed by atoms with E-state index in [4.69, 9.17) is 14.5 Å². The lowest BCUT2D eigenvalue weighted by Gasteiger charge is -2.37. The molecule has 6 atom stereocenters. The van der Waals surface area contributed by atoms with Crippen LogP contribution >= 0.6 is 11.3 Å². The van der Waals surface area contributed by atoms with Gasteiger partial charge in [-0.2, -0.15) is 0 Å². The first-order valence-corrected chi connectivity index (χ1v) is 18.8. The lowest BCUT2D eigenvalue weighted by atomic mass is 9.94. The monoisotopic (exact) mass is 727 g/mol. The molecule has 1 fully saturated rings. The van der Waals surface area contributed by atoms with Crippen molar-refractivity contribution in [1.29, 1.82) is 0 Å². The number of piperidine rings is 1. The first-order valence-electron chi connectivity index (χ1n) is 18.0. The number of carbonyl (C=O) groups excluding carboxylic acids is 5. The average molecular weight is 728 g/mol. The van der Waals surface area contributed by atoms with E-state index in [1.165, 1.54) is 25.4 Å². The smallest absolute Gasteiger partial charge is 0.308 e. The second kappa shape index (κ2) is 19.7. The van der Waals surface area contributed by atoms with Crippen molar-refractivity contribution in [2.24, 2.45) is 17.8 Å². The Hall–Kier alpha value is -3.84. The summed E-state index contributed by atoms with van der Waals surface area (Å²) in [6, 6.07) is 7.88. The minimum absolute atomic E-state index is 0.0418. The number of methoxy groups -OCH3 is 1. The normalized spacial score (nSPS) is 17.5. The van der Waals surface area contributed by atoms with Gasteiger partial charge in [0.1, 0.15) is 16.7 Å². The van der Waals surface area contributed by atoms with Crippen molar-refractivity contribution in [2.45, 2.75) is 117 Å². The van der Waals surface area contributed by atoms with Gasteiger partial charge in [0, 0.05) is 37.4 Å². The molecule has 13 heteroatoms. The molecule has 0 bridgehead atoms. The van der Waals surface area contributed by atoms with Gasteiger partial charge in [-0.3, -0.25) is 24.0 Å². The van der Waals surface area contributed by atoms with E-state index in [1.54, 1.807) is 25.8 Å². The van der Waals surface area contributed by atoms with Crippen LogP contribution in [0.2, 0.25) is 0 Å². The van der Waals surface area contributed by atoms with Crippen LogP contribution in [0.3, 0.4) is 0 Å². The minimum atomic E-state index is -0.826. The molecular weight excluding hydrogens is 671 g/mol. The molecule has 0 aliphatic carbocycles. The van der Waals surface area contributed by atoms with Crippen molar-refractivity contribution in [2.75, 3.05) is 20.7 Å². The minimum Gasteiger partial charge on any atom is -0.469 e. The van der Waals surface area contributed by atoms with Crippen LogP contribution in [0.15, 0.2) is 30.3 Å². The summed E-state index contributed by atoms with van der Waals surface area (Å²) in [6.07, 6.45) is 3.00. The molecule has 1 aliphatic rings. The van der Waals surface area contributed by atoms with E-state index in [2.05, 4.69) is 16.0 Å². The Morgan fingerprint density at radius 3 is 2.25 bits per heavy atom. The highest BCUT2D eigenvalue weighted by molar-refractivity contribution is 7.12. The maximum absolute atomic E-state index is 14.0. The predicted molar refractivity (Wildman–Crippen MR) is 197 cm³/mol. The van der Waals surface area contributed by atoms with Gasteiger partial charge >= 0.3 is 11.9 Å². The van der Waals surface area contributed by atoms with Crippen LogP contribution in [-0.2, 0) is 35.1 Å². The molecule has 3 amide bonds. The van der Waals surface area contributed by atoms with Crippen LogP contribution in [0, 0.1) is 24.7 Å². The van der Waals surface area contributed by atoms with Crippen LogP contribution < -0.4 is 16.0 Å². The second-order valence-electron chi connectivity index (χ2n) is 14.3. The SMILES string of the molecule is COC(=O)[C@@H](C)C[C@H](Cc1ccccc1)NC(=O)c1nc([C@@H](C[C@H](C(C)C)N(C)C(=O)[C@@H](NC(=O)[C@H]2CCCCN2)C(C)C)OC(C)=O)sc1C. The molecule has 51 heavy (non-hydrogen) atoms. The molecule has 1 aromatic carbocycles. The number of hydrogen-bond donors (Lipinski definition) is 3. The first-order chi connectivity index (χ1) is 24.1. The van der Waals surface area contributed by atoms with Crippen LogP contribution in [-0.4, -0.2) is 84.4 Å². The highest BCUT2D eigenvalue weighted by Gasteiger charge is 2.36. The van der Waals surface area contributed by atoms with Gasteiger partial charge in [0.2, 0.25) is 11.8 Å².